The monoisotopic (exact) mass is 349 g/mol. The number of morpholine rings is 1. The fourth-order valence-electron chi connectivity index (χ4n) is 5.28. The Morgan fingerprint density at radius 3 is 2.56 bits per heavy atom. The third-order valence-electron chi connectivity index (χ3n) is 7.47. The molecular formula is C20H31NO4. The van der Waals surface area contributed by atoms with Crippen LogP contribution in [0.4, 0.5) is 0 Å². The Morgan fingerprint density at radius 2 is 1.92 bits per heavy atom. The van der Waals surface area contributed by atoms with Crippen LogP contribution < -0.4 is 0 Å². The van der Waals surface area contributed by atoms with Crippen LogP contribution in [0.25, 0.3) is 0 Å². The molecule has 1 saturated carbocycles. The normalized spacial score (nSPS) is 40.1. The van der Waals surface area contributed by atoms with Gasteiger partial charge in [0.1, 0.15) is 5.54 Å². The highest BCUT2D eigenvalue weighted by Crippen LogP contribution is 2.62. The summed E-state index contributed by atoms with van der Waals surface area (Å²) in [6.45, 7) is 11.2. The number of amides is 1. The van der Waals surface area contributed by atoms with Gasteiger partial charge < -0.3 is 14.4 Å². The molecule has 0 N–H and O–H groups in total. The Hall–Kier alpha value is -1.36. The SMILES string of the molecule is C=CC[C@@]12CCCCN1C(=O)[C@@]1(CC[C@@](C)(COC)C1(C)C)OC2=O. The van der Waals surface area contributed by atoms with Gasteiger partial charge in [0, 0.05) is 24.5 Å². The average molecular weight is 349 g/mol. The van der Waals surface area contributed by atoms with Crippen molar-refractivity contribution < 1.29 is 19.1 Å². The molecule has 0 unspecified atom stereocenters. The van der Waals surface area contributed by atoms with Crippen LogP contribution in [0.15, 0.2) is 12.7 Å². The standard InChI is InChI=1S/C20H31NO4/c1-6-9-19-10-7-8-13-21(19)15(22)20(25-16(19)23)12-11-18(4,14-24-5)17(20,2)3/h6H,1,7-14H2,2-5H3/t18-,19-,20+/m0/s1. The second-order valence-electron chi connectivity index (χ2n) is 8.77. The van der Waals surface area contributed by atoms with Crippen molar-refractivity contribution >= 4 is 11.9 Å². The number of fused-ring (bicyclic) bond motifs is 1. The van der Waals surface area contributed by atoms with Gasteiger partial charge in [-0.25, -0.2) is 4.79 Å². The van der Waals surface area contributed by atoms with Gasteiger partial charge in [0.25, 0.3) is 5.91 Å². The molecule has 0 aromatic carbocycles. The largest absolute Gasteiger partial charge is 0.447 e. The van der Waals surface area contributed by atoms with Crippen molar-refractivity contribution in [1.29, 1.82) is 0 Å². The maximum Gasteiger partial charge on any atom is 0.333 e. The zero-order valence-electron chi connectivity index (χ0n) is 16.0. The lowest BCUT2D eigenvalue weighted by atomic mass is 9.62. The molecule has 3 fully saturated rings. The first-order chi connectivity index (χ1) is 11.7. The maximum atomic E-state index is 13.7. The van der Waals surface area contributed by atoms with Gasteiger partial charge in [-0.2, -0.15) is 0 Å². The predicted octanol–water partition coefficient (Wildman–Crippen LogP) is 3.08. The molecule has 2 saturated heterocycles. The number of hydrogen-bond acceptors (Lipinski definition) is 4. The number of nitrogens with zero attached hydrogens (tertiary/aromatic N) is 1. The molecule has 3 atom stereocenters. The van der Waals surface area contributed by atoms with Crippen LogP contribution in [0.3, 0.4) is 0 Å². The number of esters is 1. The van der Waals surface area contributed by atoms with Crippen LogP contribution >= 0.6 is 0 Å². The van der Waals surface area contributed by atoms with Crippen LogP contribution in [-0.2, 0) is 19.1 Å². The van der Waals surface area contributed by atoms with Crippen molar-refractivity contribution in [3.63, 3.8) is 0 Å². The van der Waals surface area contributed by atoms with Gasteiger partial charge in [-0.3, -0.25) is 4.79 Å². The van der Waals surface area contributed by atoms with E-state index >= 15 is 0 Å². The zero-order chi connectivity index (χ0) is 18.5. The Kier molecular flexibility index (Phi) is 4.30. The van der Waals surface area contributed by atoms with Gasteiger partial charge in [0.05, 0.1) is 6.61 Å². The highest BCUT2D eigenvalue weighted by atomic mass is 16.6. The summed E-state index contributed by atoms with van der Waals surface area (Å²) in [5.74, 6) is -0.264. The summed E-state index contributed by atoms with van der Waals surface area (Å²) >= 11 is 0. The van der Waals surface area contributed by atoms with Crippen LogP contribution in [0.2, 0.25) is 0 Å². The molecule has 2 heterocycles. The van der Waals surface area contributed by atoms with Gasteiger partial charge in [-0.1, -0.05) is 26.8 Å². The van der Waals surface area contributed by atoms with Crippen LogP contribution in [0.1, 0.15) is 59.3 Å². The minimum Gasteiger partial charge on any atom is -0.447 e. The van der Waals surface area contributed by atoms with E-state index in [0.717, 1.165) is 19.3 Å². The molecule has 1 spiro atoms. The van der Waals surface area contributed by atoms with Crippen LogP contribution in [0, 0.1) is 10.8 Å². The van der Waals surface area contributed by atoms with E-state index in [9.17, 15) is 9.59 Å². The minimum atomic E-state index is -1.08. The quantitative estimate of drug-likeness (QED) is 0.578. The van der Waals surface area contributed by atoms with Gasteiger partial charge in [-0.15, -0.1) is 6.58 Å². The molecule has 3 aliphatic rings. The summed E-state index contributed by atoms with van der Waals surface area (Å²) in [6.07, 6.45) is 6.09. The van der Waals surface area contributed by atoms with Crippen molar-refractivity contribution in [3.8, 4) is 0 Å². The van der Waals surface area contributed by atoms with E-state index in [1.165, 1.54) is 0 Å². The predicted molar refractivity (Wildman–Crippen MR) is 94.9 cm³/mol. The molecule has 5 heteroatoms. The summed E-state index contributed by atoms with van der Waals surface area (Å²) in [7, 11) is 1.68. The Balaban J connectivity index is 2.05. The molecule has 0 aromatic heterocycles. The fourth-order valence-corrected chi connectivity index (χ4v) is 5.28. The summed E-state index contributed by atoms with van der Waals surface area (Å²) < 4.78 is 11.5. The molecule has 1 amide bonds. The summed E-state index contributed by atoms with van der Waals surface area (Å²) in [5.41, 5.74) is -2.65. The number of rotatable bonds is 4. The minimum absolute atomic E-state index is 0.0153. The van der Waals surface area contributed by atoms with Gasteiger partial charge in [0.2, 0.25) is 0 Å². The van der Waals surface area contributed by atoms with Gasteiger partial charge >= 0.3 is 5.97 Å². The summed E-state index contributed by atoms with van der Waals surface area (Å²) in [5, 5.41) is 0. The Labute approximate surface area is 150 Å². The van der Waals surface area contributed by atoms with Crippen molar-refractivity contribution in [2.75, 3.05) is 20.3 Å². The molecule has 0 radical (unpaired) electrons. The molecule has 25 heavy (non-hydrogen) atoms. The van der Waals surface area contributed by atoms with Crippen molar-refractivity contribution in [2.24, 2.45) is 10.8 Å². The van der Waals surface area contributed by atoms with Crippen molar-refractivity contribution in [2.45, 2.75) is 70.4 Å². The third kappa shape index (κ3) is 2.17. The third-order valence-corrected chi connectivity index (χ3v) is 7.47. The lowest BCUT2D eigenvalue weighted by molar-refractivity contribution is -0.223. The van der Waals surface area contributed by atoms with E-state index in [2.05, 4.69) is 27.4 Å². The summed E-state index contributed by atoms with van der Waals surface area (Å²) in [4.78, 5) is 28.7. The number of ether oxygens (including phenoxy) is 2. The molecule has 140 valence electrons. The summed E-state index contributed by atoms with van der Waals surface area (Å²) in [6, 6.07) is 0. The van der Waals surface area contributed by atoms with Gasteiger partial charge in [0.15, 0.2) is 5.60 Å². The van der Waals surface area contributed by atoms with Crippen molar-refractivity contribution in [3.05, 3.63) is 12.7 Å². The van der Waals surface area contributed by atoms with E-state index in [4.69, 9.17) is 9.47 Å². The number of carbonyl (C=O) groups is 2. The molecule has 0 bridgehead atoms. The number of piperidine rings is 1. The highest BCUT2D eigenvalue weighted by Gasteiger charge is 2.72. The molecule has 1 aliphatic carbocycles. The lowest BCUT2D eigenvalue weighted by Crippen LogP contribution is -2.73. The second kappa shape index (κ2) is 5.83. The van der Waals surface area contributed by atoms with E-state index in [0.29, 0.717) is 32.4 Å². The fraction of sp³-hybridized carbons (Fsp3) is 0.800. The first kappa shape index (κ1) is 18.4. The second-order valence-corrected chi connectivity index (χ2v) is 8.77. The molecule has 5 nitrogen and oxygen atoms in total. The van der Waals surface area contributed by atoms with Crippen LogP contribution in [-0.4, -0.2) is 48.2 Å². The molecule has 3 rings (SSSR count). The highest BCUT2D eigenvalue weighted by molar-refractivity contribution is 5.99. The van der Waals surface area contributed by atoms with Crippen molar-refractivity contribution in [1.82, 2.24) is 4.90 Å². The molecule has 0 aromatic rings. The van der Waals surface area contributed by atoms with Crippen LogP contribution in [0.5, 0.6) is 0 Å². The topological polar surface area (TPSA) is 55.8 Å². The number of hydrogen-bond donors (Lipinski definition) is 0. The number of methoxy groups -OCH3 is 1. The molecular weight excluding hydrogens is 318 g/mol. The van der Waals surface area contributed by atoms with E-state index in [1.54, 1.807) is 13.2 Å². The van der Waals surface area contributed by atoms with E-state index < -0.39 is 16.6 Å². The lowest BCUT2D eigenvalue weighted by Gasteiger charge is -2.57. The van der Waals surface area contributed by atoms with E-state index in [1.807, 2.05) is 4.90 Å². The average Bonchev–Trinajstić information content (AvgIpc) is 2.75. The van der Waals surface area contributed by atoms with Gasteiger partial charge in [-0.05, 0) is 38.5 Å². The molecule has 2 aliphatic heterocycles. The zero-order valence-corrected chi connectivity index (χ0v) is 16.0. The maximum absolute atomic E-state index is 13.7. The first-order valence-electron chi connectivity index (χ1n) is 9.36. The Bertz CT molecular complexity index is 601. The number of carbonyl (C=O) groups excluding carboxylic acids is 2. The Morgan fingerprint density at radius 1 is 1.20 bits per heavy atom. The van der Waals surface area contributed by atoms with E-state index in [-0.39, 0.29) is 17.3 Å². The smallest absolute Gasteiger partial charge is 0.333 e. The first-order valence-corrected chi connectivity index (χ1v) is 9.36.